The van der Waals surface area contributed by atoms with Gasteiger partial charge in [0.25, 0.3) is 5.91 Å². The Morgan fingerprint density at radius 2 is 2.16 bits per heavy atom. The molecule has 1 fully saturated rings. The Balaban J connectivity index is 1.36. The van der Waals surface area contributed by atoms with E-state index < -0.39 is 11.7 Å². The number of alkyl halides is 3. The summed E-state index contributed by atoms with van der Waals surface area (Å²) >= 11 is 0. The van der Waals surface area contributed by atoms with Gasteiger partial charge in [-0.2, -0.15) is 23.4 Å². The molecule has 170 valence electrons. The van der Waals surface area contributed by atoms with Crippen molar-refractivity contribution >= 4 is 5.91 Å². The third-order valence-electron chi connectivity index (χ3n) is 5.20. The van der Waals surface area contributed by atoms with Gasteiger partial charge in [0, 0.05) is 31.9 Å². The summed E-state index contributed by atoms with van der Waals surface area (Å²) in [6.45, 7) is 1.40. The SMILES string of the molecule is Cn1nc([C@H]2CN(C(=O)c3ccn[nH]3)CCO2)cc1CCOc1cccc(C(F)(F)F)c1. The number of amides is 1. The van der Waals surface area contributed by atoms with E-state index in [0.717, 1.165) is 17.8 Å². The van der Waals surface area contributed by atoms with Gasteiger partial charge in [-0.05, 0) is 30.3 Å². The van der Waals surface area contributed by atoms with Crippen LogP contribution in [0.3, 0.4) is 0 Å². The van der Waals surface area contributed by atoms with Crippen LogP contribution in [-0.2, 0) is 24.4 Å². The number of nitrogens with one attached hydrogen (secondary N) is 1. The Morgan fingerprint density at radius 1 is 1.31 bits per heavy atom. The second kappa shape index (κ2) is 9.03. The molecule has 3 aromatic rings. The predicted molar refractivity (Wildman–Crippen MR) is 107 cm³/mol. The lowest BCUT2D eigenvalue weighted by Gasteiger charge is -2.31. The highest BCUT2D eigenvalue weighted by atomic mass is 19.4. The van der Waals surface area contributed by atoms with Gasteiger partial charge in [0.05, 0.1) is 31.0 Å². The lowest BCUT2D eigenvalue weighted by Crippen LogP contribution is -2.42. The van der Waals surface area contributed by atoms with Crippen molar-refractivity contribution in [2.24, 2.45) is 7.05 Å². The molecule has 1 aromatic carbocycles. The molecule has 0 bridgehead atoms. The summed E-state index contributed by atoms with van der Waals surface area (Å²) in [6.07, 6.45) is -2.82. The van der Waals surface area contributed by atoms with E-state index in [0.29, 0.717) is 37.5 Å². The van der Waals surface area contributed by atoms with Gasteiger partial charge in [-0.3, -0.25) is 14.6 Å². The van der Waals surface area contributed by atoms with E-state index in [1.807, 2.05) is 6.07 Å². The molecule has 1 aliphatic heterocycles. The van der Waals surface area contributed by atoms with Crippen molar-refractivity contribution in [3.63, 3.8) is 0 Å². The molecule has 2 aromatic heterocycles. The van der Waals surface area contributed by atoms with Crippen molar-refractivity contribution in [3.05, 3.63) is 65.2 Å². The molecular weight excluding hydrogens is 427 g/mol. The fourth-order valence-electron chi connectivity index (χ4n) is 3.52. The molecule has 1 atom stereocenters. The van der Waals surface area contributed by atoms with Crippen molar-refractivity contribution < 1.29 is 27.4 Å². The van der Waals surface area contributed by atoms with Crippen LogP contribution in [0, 0.1) is 0 Å². The number of nitrogens with zero attached hydrogens (tertiary/aromatic N) is 4. The number of morpholine rings is 1. The zero-order valence-corrected chi connectivity index (χ0v) is 17.3. The molecule has 1 aliphatic rings. The normalized spacial score (nSPS) is 16.9. The van der Waals surface area contributed by atoms with Crippen molar-refractivity contribution in [1.29, 1.82) is 0 Å². The number of carbonyl (C=O) groups is 1. The molecule has 0 aliphatic carbocycles. The molecule has 11 heteroatoms. The number of aryl methyl sites for hydroxylation is 1. The molecule has 1 amide bonds. The number of ether oxygens (including phenoxy) is 2. The van der Waals surface area contributed by atoms with Gasteiger partial charge < -0.3 is 14.4 Å². The van der Waals surface area contributed by atoms with E-state index in [1.165, 1.54) is 18.3 Å². The summed E-state index contributed by atoms with van der Waals surface area (Å²) in [6, 6.07) is 8.28. The zero-order chi connectivity index (χ0) is 22.7. The van der Waals surface area contributed by atoms with Gasteiger partial charge in [-0.25, -0.2) is 0 Å². The smallest absolute Gasteiger partial charge is 0.416 e. The molecule has 1 N–H and O–H groups in total. The van der Waals surface area contributed by atoms with Gasteiger partial charge in [-0.15, -0.1) is 0 Å². The Bertz CT molecular complexity index is 1070. The topological polar surface area (TPSA) is 85.3 Å². The van der Waals surface area contributed by atoms with Gasteiger partial charge in [0.2, 0.25) is 0 Å². The fraction of sp³-hybridized carbons (Fsp3) is 0.381. The second-order valence-electron chi connectivity index (χ2n) is 7.39. The van der Waals surface area contributed by atoms with Gasteiger partial charge >= 0.3 is 6.18 Å². The minimum atomic E-state index is -4.41. The third-order valence-corrected chi connectivity index (χ3v) is 5.20. The average Bonchev–Trinajstić information content (AvgIpc) is 3.43. The maximum atomic E-state index is 12.8. The number of benzene rings is 1. The van der Waals surface area contributed by atoms with Crippen LogP contribution in [0.4, 0.5) is 13.2 Å². The molecule has 3 heterocycles. The molecule has 0 saturated carbocycles. The average molecular weight is 449 g/mol. The molecule has 4 rings (SSSR count). The summed E-state index contributed by atoms with van der Waals surface area (Å²) in [5.41, 5.74) is 1.19. The van der Waals surface area contributed by atoms with E-state index in [-0.39, 0.29) is 24.4 Å². The van der Waals surface area contributed by atoms with Crippen molar-refractivity contribution in [3.8, 4) is 5.75 Å². The number of rotatable bonds is 6. The fourth-order valence-corrected chi connectivity index (χ4v) is 3.52. The lowest BCUT2D eigenvalue weighted by atomic mass is 10.1. The summed E-state index contributed by atoms with van der Waals surface area (Å²) in [5, 5.41) is 11.0. The summed E-state index contributed by atoms with van der Waals surface area (Å²) in [4.78, 5) is 14.2. The summed E-state index contributed by atoms with van der Waals surface area (Å²) < 4.78 is 51.5. The number of aromatic nitrogens is 4. The highest BCUT2D eigenvalue weighted by Gasteiger charge is 2.31. The number of hydrogen-bond donors (Lipinski definition) is 1. The van der Waals surface area contributed by atoms with Crippen LogP contribution in [0.2, 0.25) is 0 Å². The van der Waals surface area contributed by atoms with Crippen LogP contribution >= 0.6 is 0 Å². The van der Waals surface area contributed by atoms with Gasteiger partial charge in [0.1, 0.15) is 17.5 Å². The maximum absolute atomic E-state index is 12.8. The van der Waals surface area contributed by atoms with E-state index in [2.05, 4.69) is 15.3 Å². The largest absolute Gasteiger partial charge is 0.493 e. The van der Waals surface area contributed by atoms with E-state index in [9.17, 15) is 18.0 Å². The number of aromatic amines is 1. The van der Waals surface area contributed by atoms with E-state index in [4.69, 9.17) is 9.47 Å². The molecule has 32 heavy (non-hydrogen) atoms. The number of carbonyl (C=O) groups excluding carboxylic acids is 1. The van der Waals surface area contributed by atoms with Crippen LogP contribution in [-0.4, -0.2) is 57.1 Å². The van der Waals surface area contributed by atoms with Crippen LogP contribution in [0.1, 0.15) is 33.5 Å². The number of H-pyrrole nitrogens is 1. The lowest BCUT2D eigenvalue weighted by molar-refractivity contribution is -0.137. The van der Waals surface area contributed by atoms with Crippen molar-refractivity contribution in [1.82, 2.24) is 24.9 Å². The highest BCUT2D eigenvalue weighted by Crippen LogP contribution is 2.31. The number of halogens is 3. The Labute approximate surface area is 181 Å². The van der Waals surface area contributed by atoms with E-state index >= 15 is 0 Å². The Kier molecular flexibility index (Phi) is 6.17. The first-order chi connectivity index (χ1) is 15.3. The highest BCUT2D eigenvalue weighted by molar-refractivity contribution is 5.92. The molecule has 0 radical (unpaired) electrons. The standard InChI is InChI=1S/C21H22F3N5O3/c1-28-15(6-9-31-16-4-2-3-14(11-16)21(22,23)24)12-18(27-28)19-13-29(8-10-32-19)20(30)17-5-7-25-26-17/h2-5,7,11-12,19H,6,8-10,13H2,1H3,(H,25,26)/t19-/m1/s1. The third kappa shape index (κ3) is 4.93. The van der Waals surface area contributed by atoms with Crippen LogP contribution in [0.15, 0.2) is 42.6 Å². The summed E-state index contributed by atoms with van der Waals surface area (Å²) in [7, 11) is 1.78. The molecule has 8 nitrogen and oxygen atoms in total. The van der Waals surface area contributed by atoms with Crippen LogP contribution < -0.4 is 4.74 Å². The first-order valence-electron chi connectivity index (χ1n) is 10.0. The Morgan fingerprint density at radius 3 is 2.91 bits per heavy atom. The monoisotopic (exact) mass is 449 g/mol. The second-order valence-corrected chi connectivity index (χ2v) is 7.39. The number of hydrogen-bond acceptors (Lipinski definition) is 5. The quantitative estimate of drug-likeness (QED) is 0.626. The van der Waals surface area contributed by atoms with Gasteiger partial charge in [-0.1, -0.05) is 6.07 Å². The minimum absolute atomic E-state index is 0.151. The first kappa shape index (κ1) is 21.9. The zero-order valence-electron chi connectivity index (χ0n) is 17.3. The Hall–Kier alpha value is -3.34. The summed E-state index contributed by atoms with van der Waals surface area (Å²) in [5.74, 6) is 0.00670. The van der Waals surface area contributed by atoms with Crippen molar-refractivity contribution in [2.45, 2.75) is 18.7 Å². The minimum Gasteiger partial charge on any atom is -0.493 e. The molecule has 1 saturated heterocycles. The predicted octanol–water partition coefficient (Wildman–Crippen LogP) is 3.00. The molecule has 0 spiro atoms. The first-order valence-corrected chi connectivity index (χ1v) is 10.0. The van der Waals surface area contributed by atoms with Crippen LogP contribution in [0.25, 0.3) is 0 Å². The molecule has 0 unspecified atom stereocenters. The van der Waals surface area contributed by atoms with Gasteiger partial charge in [0.15, 0.2) is 0 Å². The van der Waals surface area contributed by atoms with Crippen molar-refractivity contribution in [2.75, 3.05) is 26.3 Å². The van der Waals surface area contributed by atoms with Crippen LogP contribution in [0.5, 0.6) is 5.75 Å². The van der Waals surface area contributed by atoms with E-state index in [1.54, 1.807) is 22.7 Å². The molecular formula is C21H22F3N5O3. The maximum Gasteiger partial charge on any atom is 0.416 e.